The smallest absolute Gasteiger partial charge is 0.309 e. The van der Waals surface area contributed by atoms with Crippen molar-refractivity contribution >= 4 is 43.3 Å². The van der Waals surface area contributed by atoms with Crippen LogP contribution in [0.15, 0.2) is 75.1 Å². The minimum absolute atomic E-state index is 0.0400. The highest BCUT2D eigenvalue weighted by Crippen LogP contribution is 2.19. The molecule has 0 unspecified atom stereocenters. The molecular formula is C22H25N7O6S2. The molecular weight excluding hydrogens is 522 g/mol. The number of nitrogens with one attached hydrogen (secondary N) is 2. The van der Waals surface area contributed by atoms with Crippen LogP contribution in [0, 0.1) is 13.8 Å². The lowest BCUT2D eigenvalue weighted by Gasteiger charge is -2.08. The number of anilines is 4. The Morgan fingerprint density at radius 3 is 1.78 bits per heavy atom. The van der Waals surface area contributed by atoms with Crippen molar-refractivity contribution in [2.24, 2.45) is 0 Å². The number of hydrogen-bond donors (Lipinski definition) is 4. The van der Waals surface area contributed by atoms with E-state index < -0.39 is 20.0 Å². The van der Waals surface area contributed by atoms with Gasteiger partial charge in [0.1, 0.15) is 17.9 Å². The fourth-order valence-electron chi connectivity index (χ4n) is 2.69. The molecule has 0 bridgehead atoms. The van der Waals surface area contributed by atoms with Gasteiger partial charge in [-0.3, -0.25) is 4.72 Å². The molecule has 0 atom stereocenters. The lowest BCUT2D eigenvalue weighted by atomic mass is 10.3. The Kier molecular flexibility index (Phi) is 8.19. The van der Waals surface area contributed by atoms with Crippen LogP contribution in [0.25, 0.3) is 0 Å². The summed E-state index contributed by atoms with van der Waals surface area (Å²) in [6, 6.07) is 13.1. The first-order valence-corrected chi connectivity index (χ1v) is 13.4. The Bertz CT molecular complexity index is 1550. The Morgan fingerprint density at radius 1 is 0.811 bits per heavy atom. The van der Waals surface area contributed by atoms with E-state index in [2.05, 4.69) is 24.4 Å². The topological polar surface area (TPSA) is 205 Å². The fraction of sp³-hybridized carbons (Fsp3) is 0.136. The maximum atomic E-state index is 12.1. The van der Waals surface area contributed by atoms with E-state index in [4.69, 9.17) is 20.6 Å². The van der Waals surface area contributed by atoms with Crippen molar-refractivity contribution in [1.29, 1.82) is 0 Å². The molecule has 2 aromatic carbocycles. The lowest BCUT2D eigenvalue weighted by molar-refractivity contribution is 0.397. The molecule has 37 heavy (non-hydrogen) atoms. The van der Waals surface area contributed by atoms with Crippen LogP contribution in [-0.2, 0) is 20.0 Å². The molecule has 0 aliphatic rings. The van der Waals surface area contributed by atoms with Gasteiger partial charge in [-0.25, -0.2) is 31.5 Å². The van der Waals surface area contributed by atoms with Gasteiger partial charge in [0.2, 0.25) is 5.88 Å². The third-order valence-electron chi connectivity index (χ3n) is 4.72. The molecule has 0 saturated carbocycles. The van der Waals surface area contributed by atoms with Crippen molar-refractivity contribution < 1.29 is 26.0 Å². The molecule has 6 N–H and O–H groups in total. The van der Waals surface area contributed by atoms with Gasteiger partial charge >= 0.3 is 6.01 Å². The maximum absolute atomic E-state index is 12.1. The second kappa shape index (κ2) is 11.1. The van der Waals surface area contributed by atoms with Gasteiger partial charge in [-0.2, -0.15) is 4.98 Å². The summed E-state index contributed by atoms with van der Waals surface area (Å²) in [6.07, 6.45) is 1.21. The van der Waals surface area contributed by atoms with Gasteiger partial charge in [0.15, 0.2) is 0 Å². The van der Waals surface area contributed by atoms with E-state index >= 15 is 0 Å². The number of methoxy groups -OCH3 is 1. The zero-order valence-corrected chi connectivity index (χ0v) is 21.7. The Hall–Kier alpha value is -4.37. The van der Waals surface area contributed by atoms with Crippen LogP contribution >= 0.6 is 0 Å². The SMILES string of the molecule is COc1cc(NS(=O)(=O)c2ccc(N)cc2)ncn1.Cc1nc(NS(=O)(=O)c2ccc(N)cc2)oc1C. The molecule has 4 rings (SSSR count). The van der Waals surface area contributed by atoms with Crippen LogP contribution in [-0.4, -0.2) is 38.9 Å². The molecule has 2 aromatic heterocycles. The van der Waals surface area contributed by atoms with E-state index in [0.29, 0.717) is 22.8 Å². The average molecular weight is 548 g/mol. The average Bonchev–Trinajstić information content (AvgIpc) is 3.15. The molecule has 2 heterocycles. The van der Waals surface area contributed by atoms with Gasteiger partial charge in [-0.05, 0) is 62.4 Å². The van der Waals surface area contributed by atoms with Gasteiger partial charge in [-0.1, -0.05) is 0 Å². The highest BCUT2D eigenvalue weighted by molar-refractivity contribution is 7.93. The number of aromatic nitrogens is 3. The molecule has 13 nitrogen and oxygen atoms in total. The summed E-state index contributed by atoms with van der Waals surface area (Å²) in [5, 5.41) is 0. The fourth-order valence-corrected chi connectivity index (χ4v) is 4.62. The molecule has 15 heteroatoms. The van der Waals surface area contributed by atoms with Crippen molar-refractivity contribution in [1.82, 2.24) is 15.0 Å². The van der Waals surface area contributed by atoms with Crippen molar-refractivity contribution in [3.05, 3.63) is 72.4 Å². The number of nitrogens with zero attached hydrogens (tertiary/aromatic N) is 3. The molecule has 196 valence electrons. The van der Waals surface area contributed by atoms with Crippen LogP contribution in [0.3, 0.4) is 0 Å². The van der Waals surface area contributed by atoms with Gasteiger partial charge in [0, 0.05) is 17.4 Å². The summed E-state index contributed by atoms with van der Waals surface area (Å²) >= 11 is 0. The number of benzene rings is 2. The van der Waals surface area contributed by atoms with E-state index in [9.17, 15) is 16.8 Å². The number of nitrogen functional groups attached to an aromatic ring is 2. The first-order valence-electron chi connectivity index (χ1n) is 10.5. The standard InChI is InChI=1S/C11H12N4O3S.C11H13N3O3S/c1-18-11-6-10(13-7-14-11)15-19(16,17)9-4-2-8(12)3-5-9;1-7-8(2)17-11(13-7)14-18(15,16)10-5-3-9(12)4-6-10/h2-7H,12H2,1H3,(H,13,14,15);3-6H,12H2,1-2H3,(H,13,14). The van der Waals surface area contributed by atoms with Crippen molar-refractivity contribution in [3.8, 4) is 5.88 Å². The second-order valence-electron chi connectivity index (χ2n) is 7.46. The third-order valence-corrected chi connectivity index (χ3v) is 7.43. The second-order valence-corrected chi connectivity index (χ2v) is 10.8. The molecule has 0 aliphatic carbocycles. The predicted molar refractivity (Wildman–Crippen MR) is 138 cm³/mol. The summed E-state index contributed by atoms with van der Waals surface area (Å²) in [4.78, 5) is 11.8. The molecule has 0 aliphatic heterocycles. The predicted octanol–water partition coefficient (Wildman–Crippen LogP) is 2.54. The van der Waals surface area contributed by atoms with Crippen LogP contribution in [0.1, 0.15) is 11.5 Å². The van der Waals surface area contributed by atoms with E-state index in [1.54, 1.807) is 13.8 Å². The van der Waals surface area contributed by atoms with E-state index in [1.165, 1.54) is 68.0 Å². The monoisotopic (exact) mass is 547 g/mol. The van der Waals surface area contributed by atoms with Crippen LogP contribution < -0.4 is 25.6 Å². The zero-order chi connectivity index (χ0) is 27.2. The molecule has 0 fully saturated rings. The quantitative estimate of drug-likeness (QED) is 0.247. The number of sulfonamides is 2. The minimum Gasteiger partial charge on any atom is -0.481 e. The van der Waals surface area contributed by atoms with Gasteiger partial charge in [0.25, 0.3) is 20.0 Å². The van der Waals surface area contributed by atoms with Crippen molar-refractivity contribution in [3.63, 3.8) is 0 Å². The first-order chi connectivity index (χ1) is 17.4. The van der Waals surface area contributed by atoms with E-state index in [-0.39, 0.29) is 27.5 Å². The molecule has 0 amide bonds. The maximum Gasteiger partial charge on any atom is 0.309 e. The Labute approximate surface area is 214 Å². The number of ether oxygens (including phenoxy) is 1. The number of oxazole rings is 1. The highest BCUT2D eigenvalue weighted by atomic mass is 32.2. The number of hydrogen-bond acceptors (Lipinski definition) is 11. The van der Waals surface area contributed by atoms with Crippen molar-refractivity contribution in [2.45, 2.75) is 23.6 Å². The van der Waals surface area contributed by atoms with E-state index in [1.807, 2.05) is 0 Å². The summed E-state index contributed by atoms with van der Waals surface area (Å²) in [7, 11) is -5.97. The number of aryl methyl sites for hydroxylation is 2. The van der Waals surface area contributed by atoms with Crippen LogP contribution in [0.5, 0.6) is 5.88 Å². The van der Waals surface area contributed by atoms with Gasteiger partial charge < -0.3 is 20.6 Å². The normalized spacial score (nSPS) is 11.2. The summed E-state index contributed by atoms with van der Waals surface area (Å²) in [5.74, 6) is 0.971. The Balaban J connectivity index is 0.000000206. The minimum atomic E-state index is -3.71. The molecule has 4 aromatic rings. The van der Waals surface area contributed by atoms with E-state index in [0.717, 1.165) is 0 Å². The molecule has 0 radical (unpaired) electrons. The zero-order valence-electron chi connectivity index (χ0n) is 20.0. The molecule has 0 saturated heterocycles. The highest BCUT2D eigenvalue weighted by Gasteiger charge is 2.18. The van der Waals surface area contributed by atoms with Crippen LogP contribution in [0.2, 0.25) is 0 Å². The van der Waals surface area contributed by atoms with Gasteiger partial charge in [-0.15, -0.1) is 0 Å². The lowest BCUT2D eigenvalue weighted by Crippen LogP contribution is -2.14. The van der Waals surface area contributed by atoms with Crippen molar-refractivity contribution in [2.75, 3.05) is 28.0 Å². The number of nitrogens with two attached hydrogens (primary N) is 2. The van der Waals surface area contributed by atoms with Gasteiger partial charge in [0.05, 0.1) is 22.6 Å². The summed E-state index contributed by atoms with van der Waals surface area (Å²) in [5.41, 5.74) is 12.6. The largest absolute Gasteiger partial charge is 0.481 e. The summed E-state index contributed by atoms with van der Waals surface area (Å²) < 4.78 is 62.7. The number of rotatable bonds is 7. The Morgan fingerprint density at radius 2 is 1.32 bits per heavy atom. The third kappa shape index (κ3) is 7.31. The first kappa shape index (κ1) is 27.2. The molecule has 0 spiro atoms. The van der Waals surface area contributed by atoms with Crippen LogP contribution in [0.4, 0.5) is 23.2 Å². The summed E-state index contributed by atoms with van der Waals surface area (Å²) in [6.45, 7) is 3.45.